The van der Waals surface area contributed by atoms with Crippen LogP contribution in [0.2, 0.25) is 0 Å². The SMILES string of the molecule is COc1cc(C)c(N(C)C(C)CN)cc1OC. The van der Waals surface area contributed by atoms with Gasteiger partial charge < -0.3 is 20.1 Å². The van der Waals surface area contributed by atoms with Gasteiger partial charge in [0.2, 0.25) is 0 Å². The van der Waals surface area contributed by atoms with Crippen molar-refractivity contribution in [2.45, 2.75) is 19.9 Å². The zero-order valence-electron chi connectivity index (χ0n) is 11.3. The topological polar surface area (TPSA) is 47.7 Å². The molecule has 17 heavy (non-hydrogen) atoms. The Bertz CT molecular complexity index is 380. The summed E-state index contributed by atoms with van der Waals surface area (Å²) >= 11 is 0. The van der Waals surface area contributed by atoms with Gasteiger partial charge in [0, 0.05) is 31.4 Å². The maximum absolute atomic E-state index is 5.69. The Morgan fingerprint density at radius 2 is 1.76 bits per heavy atom. The van der Waals surface area contributed by atoms with E-state index < -0.39 is 0 Å². The lowest BCUT2D eigenvalue weighted by Gasteiger charge is -2.28. The van der Waals surface area contributed by atoms with Gasteiger partial charge in [-0.3, -0.25) is 0 Å². The molecule has 0 fully saturated rings. The number of nitrogens with two attached hydrogens (primary N) is 1. The fraction of sp³-hybridized carbons (Fsp3) is 0.538. The first kappa shape index (κ1) is 13.6. The number of anilines is 1. The van der Waals surface area contributed by atoms with Gasteiger partial charge in [-0.05, 0) is 25.5 Å². The molecule has 4 heteroatoms. The van der Waals surface area contributed by atoms with Gasteiger partial charge in [-0.25, -0.2) is 0 Å². The molecule has 0 aliphatic carbocycles. The molecule has 0 aliphatic rings. The number of nitrogens with zero attached hydrogens (tertiary/aromatic N) is 1. The molecule has 0 spiro atoms. The van der Waals surface area contributed by atoms with Crippen LogP contribution in [0.4, 0.5) is 5.69 Å². The monoisotopic (exact) mass is 238 g/mol. The van der Waals surface area contributed by atoms with Crippen molar-refractivity contribution < 1.29 is 9.47 Å². The third kappa shape index (κ3) is 2.82. The fourth-order valence-corrected chi connectivity index (χ4v) is 1.75. The van der Waals surface area contributed by atoms with E-state index in [1.165, 1.54) is 0 Å². The van der Waals surface area contributed by atoms with Crippen LogP contribution in [-0.4, -0.2) is 33.9 Å². The quantitative estimate of drug-likeness (QED) is 0.849. The van der Waals surface area contributed by atoms with Crippen LogP contribution >= 0.6 is 0 Å². The van der Waals surface area contributed by atoms with E-state index in [0.29, 0.717) is 6.54 Å². The van der Waals surface area contributed by atoms with Crippen LogP contribution in [0.5, 0.6) is 11.5 Å². The molecule has 0 bridgehead atoms. The Morgan fingerprint density at radius 3 is 2.24 bits per heavy atom. The number of hydrogen-bond acceptors (Lipinski definition) is 4. The first-order valence-corrected chi connectivity index (χ1v) is 5.70. The summed E-state index contributed by atoms with van der Waals surface area (Å²) in [4.78, 5) is 2.15. The molecule has 0 aliphatic heterocycles. The largest absolute Gasteiger partial charge is 0.493 e. The molecule has 2 N–H and O–H groups in total. The van der Waals surface area contributed by atoms with Crippen LogP contribution < -0.4 is 20.1 Å². The fourth-order valence-electron chi connectivity index (χ4n) is 1.75. The van der Waals surface area contributed by atoms with Crippen molar-refractivity contribution in [2.75, 3.05) is 32.7 Å². The molecule has 0 saturated heterocycles. The summed E-state index contributed by atoms with van der Waals surface area (Å²) in [7, 11) is 5.32. The van der Waals surface area contributed by atoms with Gasteiger partial charge in [-0.1, -0.05) is 0 Å². The van der Waals surface area contributed by atoms with E-state index in [-0.39, 0.29) is 6.04 Å². The number of rotatable bonds is 5. The van der Waals surface area contributed by atoms with E-state index >= 15 is 0 Å². The summed E-state index contributed by atoms with van der Waals surface area (Å²) < 4.78 is 10.6. The van der Waals surface area contributed by atoms with E-state index in [0.717, 1.165) is 22.7 Å². The zero-order chi connectivity index (χ0) is 13.0. The molecule has 0 radical (unpaired) electrons. The molecule has 4 nitrogen and oxygen atoms in total. The summed E-state index contributed by atoms with van der Waals surface area (Å²) in [5, 5.41) is 0. The lowest BCUT2D eigenvalue weighted by atomic mass is 10.1. The second-order valence-electron chi connectivity index (χ2n) is 4.19. The van der Waals surface area contributed by atoms with Gasteiger partial charge in [0.1, 0.15) is 0 Å². The molecule has 0 saturated carbocycles. The number of aryl methyl sites for hydroxylation is 1. The van der Waals surface area contributed by atoms with E-state index in [4.69, 9.17) is 15.2 Å². The molecular weight excluding hydrogens is 216 g/mol. The normalized spacial score (nSPS) is 12.1. The van der Waals surface area contributed by atoms with Crippen molar-refractivity contribution in [1.29, 1.82) is 0 Å². The van der Waals surface area contributed by atoms with Crippen molar-refractivity contribution in [3.8, 4) is 11.5 Å². The summed E-state index contributed by atoms with van der Waals surface area (Å²) in [5.74, 6) is 1.49. The lowest BCUT2D eigenvalue weighted by Crippen LogP contribution is -2.35. The predicted molar refractivity (Wildman–Crippen MR) is 71.2 cm³/mol. The third-order valence-corrected chi connectivity index (χ3v) is 3.08. The van der Waals surface area contributed by atoms with Crippen LogP contribution in [-0.2, 0) is 0 Å². The summed E-state index contributed by atoms with van der Waals surface area (Å²) in [6.45, 7) is 4.76. The average molecular weight is 238 g/mol. The van der Waals surface area contributed by atoms with Crippen molar-refractivity contribution in [2.24, 2.45) is 5.73 Å². The van der Waals surface area contributed by atoms with Gasteiger partial charge in [0.05, 0.1) is 14.2 Å². The van der Waals surface area contributed by atoms with E-state index in [2.05, 4.69) is 18.7 Å². The number of likely N-dealkylation sites (N-methyl/N-ethyl adjacent to an activating group) is 1. The molecule has 0 aromatic heterocycles. The lowest BCUT2D eigenvalue weighted by molar-refractivity contribution is 0.354. The van der Waals surface area contributed by atoms with Crippen LogP contribution in [0.25, 0.3) is 0 Å². The summed E-state index contributed by atoms with van der Waals surface area (Å²) in [6, 6.07) is 4.25. The number of methoxy groups -OCH3 is 2. The van der Waals surface area contributed by atoms with E-state index in [9.17, 15) is 0 Å². The van der Waals surface area contributed by atoms with Gasteiger partial charge in [-0.15, -0.1) is 0 Å². The third-order valence-electron chi connectivity index (χ3n) is 3.08. The Labute approximate surface area is 103 Å². The molecule has 1 atom stereocenters. The molecule has 0 heterocycles. The minimum absolute atomic E-state index is 0.284. The van der Waals surface area contributed by atoms with Gasteiger partial charge in [0.25, 0.3) is 0 Å². The average Bonchev–Trinajstić information content (AvgIpc) is 2.36. The van der Waals surface area contributed by atoms with Gasteiger partial charge in [0.15, 0.2) is 11.5 Å². The summed E-state index contributed by atoms with van der Waals surface area (Å²) in [5.41, 5.74) is 7.94. The second kappa shape index (κ2) is 5.77. The first-order valence-electron chi connectivity index (χ1n) is 5.70. The molecule has 1 aromatic rings. The Kier molecular flexibility index (Phi) is 4.63. The zero-order valence-corrected chi connectivity index (χ0v) is 11.3. The smallest absolute Gasteiger partial charge is 0.162 e. The van der Waals surface area contributed by atoms with Gasteiger partial charge >= 0.3 is 0 Å². The van der Waals surface area contributed by atoms with E-state index in [1.54, 1.807) is 14.2 Å². The molecule has 1 aromatic carbocycles. The number of hydrogen-bond donors (Lipinski definition) is 1. The van der Waals surface area contributed by atoms with Crippen molar-refractivity contribution in [3.63, 3.8) is 0 Å². The number of benzene rings is 1. The summed E-state index contributed by atoms with van der Waals surface area (Å²) in [6.07, 6.45) is 0. The first-order chi connectivity index (χ1) is 8.04. The van der Waals surface area contributed by atoms with Crippen molar-refractivity contribution >= 4 is 5.69 Å². The highest BCUT2D eigenvalue weighted by molar-refractivity contribution is 5.61. The molecule has 0 amide bonds. The molecule has 1 rings (SSSR count). The Hall–Kier alpha value is -1.42. The minimum Gasteiger partial charge on any atom is -0.493 e. The van der Waals surface area contributed by atoms with Crippen molar-refractivity contribution in [1.82, 2.24) is 0 Å². The van der Waals surface area contributed by atoms with Crippen LogP contribution in [0.1, 0.15) is 12.5 Å². The van der Waals surface area contributed by atoms with Crippen molar-refractivity contribution in [3.05, 3.63) is 17.7 Å². The highest BCUT2D eigenvalue weighted by Crippen LogP contribution is 2.34. The Morgan fingerprint density at radius 1 is 1.24 bits per heavy atom. The molecular formula is C13H22N2O2. The second-order valence-corrected chi connectivity index (χ2v) is 4.19. The number of ether oxygens (including phenoxy) is 2. The minimum atomic E-state index is 0.284. The van der Waals surface area contributed by atoms with Gasteiger partial charge in [-0.2, -0.15) is 0 Å². The highest BCUT2D eigenvalue weighted by Gasteiger charge is 2.14. The predicted octanol–water partition coefficient (Wildman–Crippen LogP) is 1.80. The highest BCUT2D eigenvalue weighted by atomic mass is 16.5. The molecule has 96 valence electrons. The standard InChI is InChI=1S/C13H22N2O2/c1-9-6-12(16-4)13(17-5)7-11(9)15(3)10(2)8-14/h6-7,10H,8,14H2,1-5H3. The maximum Gasteiger partial charge on any atom is 0.162 e. The molecule has 1 unspecified atom stereocenters. The van der Waals surface area contributed by atoms with Crippen LogP contribution in [0, 0.1) is 6.92 Å². The maximum atomic E-state index is 5.69. The Balaban J connectivity index is 3.16. The van der Waals surface area contributed by atoms with Crippen LogP contribution in [0.3, 0.4) is 0 Å². The van der Waals surface area contributed by atoms with E-state index in [1.807, 2.05) is 19.2 Å². The van der Waals surface area contributed by atoms with Crippen LogP contribution in [0.15, 0.2) is 12.1 Å².